The summed E-state index contributed by atoms with van der Waals surface area (Å²) >= 11 is 0. The van der Waals surface area contributed by atoms with Crippen LogP contribution in [0.25, 0.3) is 0 Å². The van der Waals surface area contributed by atoms with Crippen LogP contribution in [0.15, 0.2) is 41.5 Å². The van der Waals surface area contributed by atoms with Gasteiger partial charge in [-0.05, 0) is 31.9 Å². The fourth-order valence-electron chi connectivity index (χ4n) is 2.86. The highest BCUT2D eigenvalue weighted by atomic mass is 16.5. The summed E-state index contributed by atoms with van der Waals surface area (Å²) in [6.07, 6.45) is 4.48. The van der Waals surface area contributed by atoms with E-state index in [1.807, 2.05) is 31.2 Å². The second-order valence-corrected chi connectivity index (χ2v) is 6.18. The van der Waals surface area contributed by atoms with Crippen LogP contribution in [0, 0.1) is 12.8 Å². The molecule has 1 saturated heterocycles. The molecule has 6 nitrogen and oxygen atoms in total. The number of hydrogen-bond acceptors (Lipinski definition) is 4. The van der Waals surface area contributed by atoms with Crippen molar-refractivity contribution in [3.63, 3.8) is 0 Å². The Morgan fingerprint density at radius 2 is 2.17 bits per heavy atom. The molecule has 1 N–H and O–H groups in total. The molecule has 0 unspecified atom stereocenters. The number of ether oxygens (including phenoxy) is 1. The van der Waals surface area contributed by atoms with Crippen molar-refractivity contribution < 1.29 is 9.53 Å². The van der Waals surface area contributed by atoms with Crippen molar-refractivity contribution in [3.05, 3.63) is 58.3 Å². The number of H-pyrrole nitrogens is 1. The van der Waals surface area contributed by atoms with E-state index in [1.54, 1.807) is 4.90 Å². The van der Waals surface area contributed by atoms with E-state index < -0.39 is 0 Å². The number of hydrogen-bond donors (Lipinski definition) is 1. The monoisotopic (exact) mass is 327 g/mol. The first kappa shape index (κ1) is 16.2. The summed E-state index contributed by atoms with van der Waals surface area (Å²) in [6, 6.07) is 7.97. The Morgan fingerprint density at radius 3 is 2.88 bits per heavy atom. The third-order valence-corrected chi connectivity index (χ3v) is 4.20. The van der Waals surface area contributed by atoms with Crippen LogP contribution in [-0.4, -0.2) is 40.5 Å². The van der Waals surface area contributed by atoms with E-state index in [0.29, 0.717) is 25.6 Å². The highest BCUT2D eigenvalue weighted by molar-refractivity contribution is 5.92. The molecule has 24 heavy (non-hydrogen) atoms. The summed E-state index contributed by atoms with van der Waals surface area (Å²) in [5.41, 5.74) is 1.16. The molecule has 1 aliphatic heterocycles. The van der Waals surface area contributed by atoms with Crippen LogP contribution >= 0.6 is 0 Å². The van der Waals surface area contributed by atoms with Crippen molar-refractivity contribution in [2.24, 2.45) is 5.92 Å². The summed E-state index contributed by atoms with van der Waals surface area (Å²) in [4.78, 5) is 31.7. The number of rotatable bonds is 4. The van der Waals surface area contributed by atoms with Crippen LogP contribution in [0.4, 0.5) is 0 Å². The lowest BCUT2D eigenvalue weighted by Crippen LogP contribution is -2.42. The van der Waals surface area contributed by atoms with E-state index in [-0.39, 0.29) is 17.2 Å². The van der Waals surface area contributed by atoms with Gasteiger partial charge in [0.05, 0.1) is 12.8 Å². The highest BCUT2D eigenvalue weighted by Gasteiger charge is 2.25. The first-order chi connectivity index (χ1) is 11.6. The second kappa shape index (κ2) is 7.29. The zero-order valence-corrected chi connectivity index (χ0v) is 13.7. The van der Waals surface area contributed by atoms with Crippen molar-refractivity contribution in [2.75, 3.05) is 19.7 Å². The Hall–Kier alpha value is -2.63. The van der Waals surface area contributed by atoms with Gasteiger partial charge in [-0.1, -0.05) is 17.7 Å². The van der Waals surface area contributed by atoms with Crippen molar-refractivity contribution >= 4 is 5.91 Å². The minimum Gasteiger partial charge on any atom is -0.493 e. The maximum atomic E-state index is 12.5. The summed E-state index contributed by atoms with van der Waals surface area (Å²) in [6.45, 7) is 3.98. The van der Waals surface area contributed by atoms with Gasteiger partial charge in [0.25, 0.3) is 11.5 Å². The molecular formula is C18H21N3O3. The van der Waals surface area contributed by atoms with Gasteiger partial charge in [0, 0.05) is 25.2 Å². The second-order valence-electron chi connectivity index (χ2n) is 6.18. The molecule has 126 valence electrons. The fraction of sp³-hybridized carbons (Fsp3) is 0.389. The number of aromatic amines is 1. The molecule has 0 radical (unpaired) electrons. The van der Waals surface area contributed by atoms with E-state index in [1.165, 1.54) is 11.8 Å². The Kier molecular flexibility index (Phi) is 4.93. The van der Waals surface area contributed by atoms with Gasteiger partial charge in [-0.2, -0.15) is 0 Å². The van der Waals surface area contributed by atoms with Gasteiger partial charge in [0.2, 0.25) is 0 Å². The molecule has 6 heteroatoms. The van der Waals surface area contributed by atoms with Crippen LogP contribution in [0.3, 0.4) is 0 Å². The number of likely N-dealkylation sites (tertiary alicyclic amines) is 1. The third-order valence-electron chi connectivity index (χ3n) is 4.20. The Balaban J connectivity index is 1.57. The predicted octanol–water partition coefficient (Wildman–Crippen LogP) is 2.01. The molecule has 1 amide bonds. The molecule has 1 aromatic heterocycles. The van der Waals surface area contributed by atoms with Gasteiger partial charge in [0.15, 0.2) is 0 Å². The third kappa shape index (κ3) is 4.01. The Labute approximate surface area is 140 Å². The van der Waals surface area contributed by atoms with Gasteiger partial charge in [-0.3, -0.25) is 9.59 Å². The number of benzene rings is 1. The number of amides is 1. The maximum Gasteiger partial charge on any atom is 0.273 e. The largest absolute Gasteiger partial charge is 0.493 e. The predicted molar refractivity (Wildman–Crippen MR) is 90.2 cm³/mol. The van der Waals surface area contributed by atoms with Crippen LogP contribution in [0.5, 0.6) is 5.75 Å². The number of aryl methyl sites for hydroxylation is 1. The molecule has 0 saturated carbocycles. The zero-order valence-electron chi connectivity index (χ0n) is 13.7. The molecule has 0 bridgehead atoms. The van der Waals surface area contributed by atoms with Crippen LogP contribution in [0.1, 0.15) is 28.9 Å². The smallest absolute Gasteiger partial charge is 0.273 e. The van der Waals surface area contributed by atoms with Crippen molar-refractivity contribution in [1.29, 1.82) is 0 Å². The fourth-order valence-corrected chi connectivity index (χ4v) is 2.86. The van der Waals surface area contributed by atoms with Gasteiger partial charge < -0.3 is 14.6 Å². The molecule has 1 aliphatic rings. The number of nitrogens with zero attached hydrogens (tertiary/aromatic N) is 2. The van der Waals surface area contributed by atoms with Gasteiger partial charge in [0.1, 0.15) is 11.4 Å². The number of piperidine rings is 1. The van der Waals surface area contributed by atoms with Crippen LogP contribution in [0.2, 0.25) is 0 Å². The minimum absolute atomic E-state index is 0.147. The SMILES string of the molecule is Cc1ccc(OC[C@@H]2CCCN(C(=O)c3c[nH]c(=O)cn3)C2)cc1. The summed E-state index contributed by atoms with van der Waals surface area (Å²) < 4.78 is 5.85. The number of nitrogens with one attached hydrogen (secondary N) is 1. The number of carbonyl (C=O) groups is 1. The first-order valence-corrected chi connectivity index (χ1v) is 8.15. The standard InChI is InChI=1S/C18H21N3O3/c1-13-4-6-15(7-5-13)24-12-14-3-2-8-21(11-14)18(23)16-9-20-17(22)10-19-16/h4-7,9-10,14H,2-3,8,11-12H2,1H3,(H,20,22)/t14-/m1/s1. The van der Waals surface area contributed by atoms with Crippen LogP contribution in [-0.2, 0) is 0 Å². The average molecular weight is 327 g/mol. The molecular weight excluding hydrogens is 306 g/mol. The summed E-state index contributed by atoms with van der Waals surface area (Å²) in [5.74, 6) is 1.00. The average Bonchev–Trinajstić information content (AvgIpc) is 2.61. The lowest BCUT2D eigenvalue weighted by molar-refractivity contribution is 0.0627. The molecule has 0 aliphatic carbocycles. The van der Waals surface area contributed by atoms with E-state index in [9.17, 15) is 9.59 Å². The minimum atomic E-state index is -0.311. The van der Waals surface area contributed by atoms with Gasteiger partial charge in [-0.15, -0.1) is 0 Å². The summed E-state index contributed by atoms with van der Waals surface area (Å²) in [7, 11) is 0. The zero-order chi connectivity index (χ0) is 16.9. The number of carbonyl (C=O) groups excluding carboxylic acids is 1. The molecule has 1 aromatic carbocycles. The topological polar surface area (TPSA) is 75.3 Å². The van der Waals surface area contributed by atoms with Gasteiger partial charge >= 0.3 is 0 Å². The van der Waals surface area contributed by atoms with Crippen molar-refractivity contribution in [1.82, 2.24) is 14.9 Å². The van der Waals surface area contributed by atoms with Crippen LogP contribution < -0.4 is 10.3 Å². The van der Waals surface area contributed by atoms with E-state index in [0.717, 1.165) is 24.8 Å². The molecule has 2 heterocycles. The number of aromatic nitrogens is 2. The maximum absolute atomic E-state index is 12.5. The normalized spacial score (nSPS) is 17.5. The Bertz CT molecular complexity index is 734. The molecule has 0 spiro atoms. The van der Waals surface area contributed by atoms with Gasteiger partial charge in [-0.25, -0.2) is 4.98 Å². The van der Waals surface area contributed by atoms with Crippen molar-refractivity contribution in [3.8, 4) is 5.75 Å². The molecule has 1 atom stereocenters. The molecule has 1 fully saturated rings. The van der Waals surface area contributed by atoms with E-state index >= 15 is 0 Å². The lowest BCUT2D eigenvalue weighted by atomic mass is 9.98. The highest BCUT2D eigenvalue weighted by Crippen LogP contribution is 2.20. The molecule has 3 rings (SSSR count). The van der Waals surface area contributed by atoms with E-state index in [4.69, 9.17) is 4.74 Å². The van der Waals surface area contributed by atoms with Crippen molar-refractivity contribution in [2.45, 2.75) is 19.8 Å². The quantitative estimate of drug-likeness (QED) is 0.932. The lowest BCUT2D eigenvalue weighted by Gasteiger charge is -2.32. The van der Waals surface area contributed by atoms with E-state index in [2.05, 4.69) is 9.97 Å². The first-order valence-electron chi connectivity index (χ1n) is 8.15. The summed E-state index contributed by atoms with van der Waals surface area (Å²) in [5, 5.41) is 0. The molecule has 2 aromatic rings. The Morgan fingerprint density at radius 1 is 1.38 bits per heavy atom.